The molecule has 0 aliphatic carbocycles. The van der Waals surface area contributed by atoms with Gasteiger partial charge in [0.05, 0.1) is 12.2 Å². The fourth-order valence-corrected chi connectivity index (χ4v) is 4.39. The molecule has 0 saturated carbocycles. The molecule has 8 nitrogen and oxygen atoms in total. The maximum absolute atomic E-state index is 13.2. The first-order chi connectivity index (χ1) is 16.4. The predicted octanol–water partition coefficient (Wildman–Crippen LogP) is 3.57. The van der Waals surface area contributed by atoms with Gasteiger partial charge in [-0.2, -0.15) is 0 Å². The molecule has 0 aromatic heterocycles. The van der Waals surface area contributed by atoms with Crippen LogP contribution in [0.15, 0.2) is 53.4 Å². The highest BCUT2D eigenvalue weighted by Crippen LogP contribution is 2.31. The second-order valence-corrected chi connectivity index (χ2v) is 10.6. The minimum absolute atomic E-state index is 0.0465. The quantitative estimate of drug-likeness (QED) is 0.451. The SMILES string of the molecule is CSc1ccccc1NC(=O)CN(C)C(=O)CN1C(=O)N[C@](C)(c2ccc(C(C)(C)C)cc2)C1=O. The summed E-state index contributed by atoms with van der Waals surface area (Å²) in [5, 5.41) is 5.51. The number of carbonyl (C=O) groups excluding carboxylic acids is 4. The Morgan fingerprint density at radius 2 is 1.71 bits per heavy atom. The highest BCUT2D eigenvalue weighted by atomic mass is 32.2. The van der Waals surface area contributed by atoms with E-state index >= 15 is 0 Å². The Kier molecular flexibility index (Phi) is 7.59. The van der Waals surface area contributed by atoms with E-state index in [9.17, 15) is 19.2 Å². The molecule has 1 aliphatic rings. The summed E-state index contributed by atoms with van der Waals surface area (Å²) in [5.41, 5.74) is 1.08. The molecule has 9 heteroatoms. The van der Waals surface area contributed by atoms with Crippen LogP contribution in [0.1, 0.15) is 38.8 Å². The third kappa shape index (κ3) is 5.67. The van der Waals surface area contributed by atoms with Gasteiger partial charge in [0.2, 0.25) is 11.8 Å². The minimum atomic E-state index is -1.27. The molecule has 1 saturated heterocycles. The van der Waals surface area contributed by atoms with Gasteiger partial charge in [0.1, 0.15) is 12.1 Å². The third-order valence-electron chi connectivity index (χ3n) is 6.08. The predicted molar refractivity (Wildman–Crippen MR) is 137 cm³/mol. The van der Waals surface area contributed by atoms with Crippen LogP contribution in [0.25, 0.3) is 0 Å². The number of nitrogens with one attached hydrogen (secondary N) is 2. The second-order valence-electron chi connectivity index (χ2n) is 9.77. The van der Waals surface area contributed by atoms with Gasteiger partial charge >= 0.3 is 6.03 Å². The van der Waals surface area contributed by atoms with Crippen molar-refractivity contribution in [3.63, 3.8) is 0 Å². The van der Waals surface area contributed by atoms with Crippen LogP contribution in [0.5, 0.6) is 0 Å². The molecule has 0 bridgehead atoms. The van der Waals surface area contributed by atoms with Crippen molar-refractivity contribution in [1.29, 1.82) is 0 Å². The number of carbonyl (C=O) groups is 4. The third-order valence-corrected chi connectivity index (χ3v) is 6.88. The maximum Gasteiger partial charge on any atom is 0.325 e. The van der Waals surface area contributed by atoms with Crippen LogP contribution in [-0.4, -0.2) is 59.9 Å². The van der Waals surface area contributed by atoms with Crippen molar-refractivity contribution in [1.82, 2.24) is 15.1 Å². The number of urea groups is 1. The van der Waals surface area contributed by atoms with Gasteiger partial charge in [-0.05, 0) is 41.9 Å². The number of hydrogen-bond acceptors (Lipinski definition) is 5. The van der Waals surface area contributed by atoms with Crippen molar-refractivity contribution in [2.45, 2.75) is 43.5 Å². The number of imide groups is 1. The molecule has 5 amide bonds. The Morgan fingerprint density at radius 3 is 2.31 bits per heavy atom. The summed E-state index contributed by atoms with van der Waals surface area (Å²) in [6.07, 6.45) is 1.91. The number of thioether (sulfide) groups is 1. The van der Waals surface area contributed by atoms with Crippen LogP contribution in [0, 0.1) is 0 Å². The Labute approximate surface area is 210 Å². The summed E-state index contributed by atoms with van der Waals surface area (Å²) in [5.74, 6) is -1.40. The van der Waals surface area contributed by atoms with Crippen molar-refractivity contribution in [3.05, 3.63) is 59.7 Å². The lowest BCUT2D eigenvalue weighted by atomic mass is 9.84. The molecule has 186 valence electrons. The zero-order chi connectivity index (χ0) is 26.0. The van der Waals surface area contributed by atoms with Crippen LogP contribution < -0.4 is 10.6 Å². The van der Waals surface area contributed by atoms with Crippen LogP contribution >= 0.6 is 11.8 Å². The number of hydrogen-bond donors (Lipinski definition) is 2. The standard InChI is InChI=1S/C26H32N4O4S/c1-25(2,3)17-11-13-18(14-12-17)26(4)23(33)30(24(34)28-26)16-22(32)29(5)15-21(31)27-19-9-7-8-10-20(19)35-6/h7-14H,15-16H2,1-6H3,(H,27,31)(H,28,34)/t26-/m1/s1. The van der Waals surface area contributed by atoms with Gasteiger partial charge in [-0.25, -0.2) is 4.79 Å². The number of anilines is 1. The second kappa shape index (κ2) is 10.1. The van der Waals surface area contributed by atoms with Crippen LogP contribution in [0.3, 0.4) is 0 Å². The molecule has 1 aliphatic heterocycles. The van der Waals surface area contributed by atoms with Gasteiger partial charge in [0, 0.05) is 11.9 Å². The summed E-state index contributed by atoms with van der Waals surface area (Å²) in [6, 6.07) is 14.3. The van der Waals surface area contributed by atoms with Crippen molar-refractivity contribution < 1.29 is 19.2 Å². The molecular formula is C26H32N4O4S. The van der Waals surface area contributed by atoms with Crippen molar-refractivity contribution >= 4 is 41.2 Å². The van der Waals surface area contributed by atoms with Gasteiger partial charge in [0.15, 0.2) is 0 Å². The first-order valence-electron chi connectivity index (χ1n) is 11.3. The van der Waals surface area contributed by atoms with Gasteiger partial charge in [-0.3, -0.25) is 19.3 Å². The number of likely N-dealkylation sites (N-methyl/N-ethyl adjacent to an activating group) is 1. The number of benzene rings is 2. The largest absolute Gasteiger partial charge is 0.335 e. The Bertz CT molecular complexity index is 1140. The van der Waals surface area contributed by atoms with Crippen LogP contribution in [0.4, 0.5) is 10.5 Å². The van der Waals surface area contributed by atoms with Crippen LogP contribution in [-0.2, 0) is 25.3 Å². The molecule has 0 unspecified atom stereocenters. The molecule has 0 spiro atoms. The number of nitrogens with zero attached hydrogens (tertiary/aromatic N) is 2. The number of amides is 5. The maximum atomic E-state index is 13.2. The summed E-state index contributed by atoms with van der Waals surface area (Å²) in [7, 11) is 1.46. The molecule has 3 rings (SSSR count). The van der Waals surface area contributed by atoms with Gasteiger partial charge in [0.25, 0.3) is 5.91 Å². The zero-order valence-electron chi connectivity index (χ0n) is 21.0. The molecule has 2 N–H and O–H groups in total. The molecule has 2 aromatic carbocycles. The molecule has 1 atom stereocenters. The highest BCUT2D eigenvalue weighted by Gasteiger charge is 2.49. The highest BCUT2D eigenvalue weighted by molar-refractivity contribution is 7.98. The minimum Gasteiger partial charge on any atom is -0.335 e. The fraction of sp³-hybridized carbons (Fsp3) is 0.385. The van der Waals surface area contributed by atoms with E-state index in [2.05, 4.69) is 31.4 Å². The summed E-state index contributed by atoms with van der Waals surface area (Å²) < 4.78 is 0. The zero-order valence-corrected chi connectivity index (χ0v) is 21.8. The van der Waals surface area contributed by atoms with Gasteiger partial charge < -0.3 is 15.5 Å². The molecule has 0 radical (unpaired) electrons. The van der Waals surface area contributed by atoms with E-state index in [0.717, 1.165) is 15.4 Å². The Balaban J connectivity index is 1.65. The van der Waals surface area contributed by atoms with E-state index in [1.807, 2.05) is 48.7 Å². The van der Waals surface area contributed by atoms with Crippen molar-refractivity contribution in [3.8, 4) is 0 Å². The topological polar surface area (TPSA) is 98.8 Å². The average molecular weight is 497 g/mol. The molecule has 1 fully saturated rings. The van der Waals surface area contributed by atoms with E-state index in [1.54, 1.807) is 13.0 Å². The number of rotatable bonds is 7. The number of para-hydroxylation sites is 1. The van der Waals surface area contributed by atoms with E-state index < -0.39 is 29.9 Å². The van der Waals surface area contributed by atoms with Crippen LogP contribution in [0.2, 0.25) is 0 Å². The smallest absolute Gasteiger partial charge is 0.325 e. The van der Waals surface area contributed by atoms with Gasteiger partial charge in [-0.1, -0.05) is 57.2 Å². The molecule has 35 heavy (non-hydrogen) atoms. The first-order valence-corrected chi connectivity index (χ1v) is 12.5. The summed E-state index contributed by atoms with van der Waals surface area (Å²) >= 11 is 1.50. The lowest BCUT2D eigenvalue weighted by Crippen LogP contribution is -2.45. The normalized spacial score (nSPS) is 17.8. The molecule has 2 aromatic rings. The fourth-order valence-electron chi connectivity index (χ4n) is 3.84. The van der Waals surface area contributed by atoms with E-state index in [0.29, 0.717) is 11.3 Å². The first kappa shape index (κ1) is 26.3. The van der Waals surface area contributed by atoms with E-state index in [1.165, 1.54) is 23.7 Å². The lowest BCUT2D eigenvalue weighted by molar-refractivity contribution is -0.139. The summed E-state index contributed by atoms with van der Waals surface area (Å²) in [4.78, 5) is 54.1. The Hall–Kier alpha value is -3.33. The molecular weight excluding hydrogens is 464 g/mol. The van der Waals surface area contributed by atoms with Crippen molar-refractivity contribution in [2.75, 3.05) is 31.7 Å². The lowest BCUT2D eigenvalue weighted by Gasteiger charge is -2.25. The van der Waals surface area contributed by atoms with Crippen molar-refractivity contribution in [2.24, 2.45) is 0 Å². The summed E-state index contributed by atoms with van der Waals surface area (Å²) in [6.45, 7) is 7.25. The molecule has 1 heterocycles. The monoisotopic (exact) mass is 496 g/mol. The average Bonchev–Trinajstić information content (AvgIpc) is 3.02. The Morgan fingerprint density at radius 1 is 1.09 bits per heavy atom. The van der Waals surface area contributed by atoms with E-state index in [4.69, 9.17) is 0 Å². The van der Waals surface area contributed by atoms with Gasteiger partial charge in [-0.15, -0.1) is 11.8 Å². The van der Waals surface area contributed by atoms with E-state index in [-0.39, 0.29) is 17.9 Å².